The van der Waals surface area contributed by atoms with Crippen molar-refractivity contribution in [1.82, 2.24) is 19.9 Å². The number of carbonyl (C=O) groups is 1. The molecular weight excluding hydrogens is 404 g/mol. The molecule has 0 atom stereocenters. The SMILES string of the molecule is CN/C(=C(/C)N)c1cnc2c3ccc(NC(=O)C4CC4)nc3n(CC3CCOCC3)c2c1. The van der Waals surface area contributed by atoms with Crippen molar-refractivity contribution in [3.05, 3.63) is 35.7 Å². The Kier molecular flexibility index (Phi) is 5.46. The molecule has 4 N–H and O–H groups in total. The Morgan fingerprint density at radius 2 is 2.03 bits per heavy atom. The molecule has 168 valence electrons. The summed E-state index contributed by atoms with van der Waals surface area (Å²) in [6.07, 6.45) is 5.83. The fourth-order valence-corrected chi connectivity index (χ4v) is 4.54. The lowest BCUT2D eigenvalue weighted by Crippen LogP contribution is -2.20. The number of nitrogens with two attached hydrogens (primary N) is 1. The number of amides is 1. The van der Waals surface area contributed by atoms with Gasteiger partial charge in [-0.2, -0.15) is 0 Å². The molecule has 1 saturated carbocycles. The molecule has 32 heavy (non-hydrogen) atoms. The van der Waals surface area contributed by atoms with E-state index in [0.717, 1.165) is 78.8 Å². The van der Waals surface area contributed by atoms with Crippen molar-refractivity contribution in [1.29, 1.82) is 0 Å². The van der Waals surface area contributed by atoms with Crippen LogP contribution in [0.4, 0.5) is 5.82 Å². The molecule has 0 aromatic carbocycles. The van der Waals surface area contributed by atoms with Gasteiger partial charge in [-0.3, -0.25) is 9.78 Å². The number of hydrogen-bond donors (Lipinski definition) is 3. The zero-order chi connectivity index (χ0) is 22.2. The molecule has 0 radical (unpaired) electrons. The van der Waals surface area contributed by atoms with Crippen molar-refractivity contribution in [3.8, 4) is 0 Å². The smallest absolute Gasteiger partial charge is 0.228 e. The highest BCUT2D eigenvalue weighted by molar-refractivity contribution is 6.05. The summed E-state index contributed by atoms with van der Waals surface area (Å²) < 4.78 is 7.82. The summed E-state index contributed by atoms with van der Waals surface area (Å²) in [7, 11) is 1.86. The molecule has 1 amide bonds. The van der Waals surface area contributed by atoms with Gasteiger partial charge in [0.15, 0.2) is 0 Å². The van der Waals surface area contributed by atoms with Crippen molar-refractivity contribution in [2.24, 2.45) is 17.6 Å². The lowest BCUT2D eigenvalue weighted by atomic mass is 10.0. The molecule has 3 aromatic heterocycles. The van der Waals surface area contributed by atoms with E-state index >= 15 is 0 Å². The van der Waals surface area contributed by atoms with Crippen LogP contribution in [0.5, 0.6) is 0 Å². The largest absolute Gasteiger partial charge is 0.401 e. The summed E-state index contributed by atoms with van der Waals surface area (Å²) in [5.74, 6) is 1.30. The summed E-state index contributed by atoms with van der Waals surface area (Å²) in [5.41, 5.74) is 11.4. The summed E-state index contributed by atoms with van der Waals surface area (Å²) in [5, 5.41) is 7.17. The highest BCUT2D eigenvalue weighted by Crippen LogP contribution is 2.33. The van der Waals surface area contributed by atoms with Crippen LogP contribution in [0.1, 0.15) is 38.2 Å². The number of rotatable bonds is 6. The van der Waals surface area contributed by atoms with Gasteiger partial charge in [-0.1, -0.05) is 0 Å². The van der Waals surface area contributed by atoms with Crippen molar-refractivity contribution < 1.29 is 9.53 Å². The van der Waals surface area contributed by atoms with E-state index in [1.807, 2.05) is 32.3 Å². The first-order chi connectivity index (χ1) is 15.5. The first-order valence-corrected chi connectivity index (χ1v) is 11.4. The molecule has 2 fully saturated rings. The minimum Gasteiger partial charge on any atom is -0.401 e. The number of anilines is 1. The molecule has 0 bridgehead atoms. The van der Waals surface area contributed by atoms with Crippen LogP contribution >= 0.6 is 0 Å². The van der Waals surface area contributed by atoms with Crippen LogP contribution in [0.3, 0.4) is 0 Å². The molecule has 4 heterocycles. The van der Waals surface area contributed by atoms with Gasteiger partial charge in [-0.05, 0) is 56.7 Å². The van der Waals surface area contributed by atoms with E-state index in [1.165, 1.54) is 0 Å². The predicted octanol–water partition coefficient (Wildman–Crippen LogP) is 3.23. The zero-order valence-corrected chi connectivity index (χ0v) is 18.6. The molecule has 5 rings (SSSR count). The number of ether oxygens (including phenoxy) is 1. The van der Waals surface area contributed by atoms with E-state index in [4.69, 9.17) is 20.4 Å². The average Bonchev–Trinajstić information content (AvgIpc) is 3.60. The van der Waals surface area contributed by atoms with Crippen LogP contribution in [-0.2, 0) is 16.1 Å². The highest BCUT2D eigenvalue weighted by Gasteiger charge is 2.30. The molecule has 2 aliphatic rings. The van der Waals surface area contributed by atoms with Gasteiger partial charge in [0.05, 0.1) is 16.7 Å². The normalized spacial score (nSPS) is 18.1. The van der Waals surface area contributed by atoms with Crippen LogP contribution in [0.2, 0.25) is 0 Å². The standard InChI is InChI=1S/C24H30N6O2/c1-14(25)21(26-2)17-11-19-22(27-12-17)18-5-6-20(29-24(31)16-3-4-16)28-23(18)30(19)13-15-7-9-32-10-8-15/h5-6,11-12,15-16,26H,3-4,7-10,13,25H2,1-2H3,(H,28,29,31)/b21-14-. The fraction of sp³-hybridized carbons (Fsp3) is 0.458. The first kappa shape index (κ1) is 20.8. The van der Waals surface area contributed by atoms with Crippen LogP contribution < -0.4 is 16.4 Å². The lowest BCUT2D eigenvalue weighted by molar-refractivity contribution is -0.117. The maximum atomic E-state index is 12.3. The van der Waals surface area contributed by atoms with Gasteiger partial charge in [0.25, 0.3) is 0 Å². The summed E-state index contributed by atoms with van der Waals surface area (Å²) in [6, 6.07) is 6.02. The molecular formula is C24H30N6O2. The van der Waals surface area contributed by atoms with E-state index in [-0.39, 0.29) is 11.8 Å². The summed E-state index contributed by atoms with van der Waals surface area (Å²) in [4.78, 5) is 22.0. The van der Waals surface area contributed by atoms with E-state index in [2.05, 4.69) is 21.3 Å². The maximum Gasteiger partial charge on any atom is 0.228 e. The molecule has 8 nitrogen and oxygen atoms in total. The minimum absolute atomic E-state index is 0.0616. The Labute approximate surface area is 187 Å². The van der Waals surface area contributed by atoms with Crippen LogP contribution in [-0.4, -0.2) is 40.7 Å². The zero-order valence-electron chi connectivity index (χ0n) is 18.6. The molecule has 0 unspecified atom stereocenters. The van der Waals surface area contributed by atoms with E-state index in [1.54, 1.807) is 0 Å². The third-order valence-corrected chi connectivity index (χ3v) is 6.46. The number of carbonyl (C=O) groups excluding carboxylic acids is 1. The third kappa shape index (κ3) is 3.90. The molecule has 1 saturated heterocycles. The van der Waals surface area contributed by atoms with Crippen LogP contribution in [0.25, 0.3) is 27.8 Å². The predicted molar refractivity (Wildman–Crippen MR) is 126 cm³/mol. The summed E-state index contributed by atoms with van der Waals surface area (Å²) in [6.45, 7) is 4.30. The second kappa shape index (κ2) is 8.43. The quantitative estimate of drug-likeness (QED) is 0.550. The number of hydrogen-bond acceptors (Lipinski definition) is 6. The van der Waals surface area contributed by atoms with Crippen LogP contribution in [0, 0.1) is 11.8 Å². The number of aromatic nitrogens is 3. The first-order valence-electron chi connectivity index (χ1n) is 11.4. The Morgan fingerprint density at radius 1 is 1.25 bits per heavy atom. The second-order valence-corrected chi connectivity index (χ2v) is 8.90. The average molecular weight is 435 g/mol. The Hall–Kier alpha value is -3.13. The number of nitrogens with one attached hydrogen (secondary N) is 2. The van der Waals surface area contributed by atoms with Crippen molar-refractivity contribution in [2.75, 3.05) is 25.6 Å². The van der Waals surface area contributed by atoms with E-state index in [9.17, 15) is 4.79 Å². The molecule has 1 aliphatic heterocycles. The molecule has 3 aromatic rings. The number of allylic oxidation sites excluding steroid dienone is 1. The Balaban J connectivity index is 1.63. The molecule has 1 aliphatic carbocycles. The van der Waals surface area contributed by atoms with Crippen molar-refractivity contribution >= 4 is 39.5 Å². The molecule has 8 heteroatoms. The van der Waals surface area contributed by atoms with Gasteiger partial charge >= 0.3 is 0 Å². The van der Waals surface area contributed by atoms with Gasteiger partial charge in [-0.25, -0.2) is 4.98 Å². The highest BCUT2D eigenvalue weighted by atomic mass is 16.5. The van der Waals surface area contributed by atoms with Crippen molar-refractivity contribution in [3.63, 3.8) is 0 Å². The summed E-state index contributed by atoms with van der Waals surface area (Å²) >= 11 is 0. The number of pyridine rings is 2. The van der Waals surface area contributed by atoms with Gasteiger partial charge < -0.3 is 25.7 Å². The second-order valence-electron chi connectivity index (χ2n) is 8.90. The van der Waals surface area contributed by atoms with Gasteiger partial charge in [-0.15, -0.1) is 0 Å². The third-order valence-electron chi connectivity index (χ3n) is 6.46. The topological polar surface area (TPSA) is 107 Å². The van der Waals surface area contributed by atoms with E-state index in [0.29, 0.717) is 17.4 Å². The van der Waals surface area contributed by atoms with Gasteiger partial charge in [0.1, 0.15) is 11.5 Å². The monoisotopic (exact) mass is 434 g/mol. The maximum absolute atomic E-state index is 12.3. The number of fused-ring (bicyclic) bond motifs is 3. The van der Waals surface area contributed by atoms with Gasteiger partial charge in [0.2, 0.25) is 5.91 Å². The number of nitrogens with zero attached hydrogens (tertiary/aromatic N) is 3. The molecule has 0 spiro atoms. The van der Waals surface area contributed by atoms with Gasteiger partial charge in [0, 0.05) is 55.6 Å². The lowest BCUT2D eigenvalue weighted by Gasteiger charge is -2.23. The Morgan fingerprint density at radius 3 is 2.72 bits per heavy atom. The van der Waals surface area contributed by atoms with E-state index < -0.39 is 0 Å². The fourth-order valence-electron chi connectivity index (χ4n) is 4.54. The Bertz CT molecular complexity index is 1200. The van der Waals surface area contributed by atoms with Crippen LogP contribution in [0.15, 0.2) is 30.1 Å². The minimum atomic E-state index is 0.0616. The van der Waals surface area contributed by atoms with Crippen molar-refractivity contribution in [2.45, 2.75) is 39.2 Å².